The van der Waals surface area contributed by atoms with Crippen LogP contribution in [-0.2, 0) is 0 Å². The molecule has 0 unspecified atom stereocenters. The first kappa shape index (κ1) is 31.6. The molecule has 0 heterocycles. The highest BCUT2D eigenvalue weighted by atomic mass is 15.1. The van der Waals surface area contributed by atoms with Crippen LogP contribution in [0.3, 0.4) is 0 Å². The SMILES string of the molecule is c1ccc(N(c2ccc(-c3ccc(N(c4ccccc4)c4cccc5cc6ccccc6cc45)cc3)cc2)c2cccc3cc4ccccc4cc23)cc1. The summed E-state index contributed by atoms with van der Waals surface area (Å²) < 4.78 is 0. The van der Waals surface area contributed by atoms with Crippen molar-refractivity contribution in [3.63, 3.8) is 0 Å². The molecule has 0 aromatic heterocycles. The smallest absolute Gasteiger partial charge is 0.0540 e. The van der Waals surface area contributed by atoms with Gasteiger partial charge in [-0.05, 0) is 128 Å². The largest absolute Gasteiger partial charge is 0.310 e. The van der Waals surface area contributed by atoms with Crippen molar-refractivity contribution in [3.8, 4) is 11.1 Å². The Balaban J connectivity index is 1.03. The van der Waals surface area contributed by atoms with E-state index in [0.29, 0.717) is 0 Å². The molecule has 2 nitrogen and oxygen atoms in total. The molecule has 10 aromatic rings. The molecule has 0 radical (unpaired) electrons. The summed E-state index contributed by atoms with van der Waals surface area (Å²) in [4.78, 5) is 4.74. The fraction of sp³-hybridized carbons (Fsp3) is 0. The standard InChI is InChI=1S/C52H36N2/c1-3-19-45(20-4-1)53(51-23-11-17-43-33-39-13-7-9-15-41(39)35-49(43)51)47-29-25-37(26-30-47)38-27-31-48(32-28-38)54(46-21-5-2-6-22-46)52-24-12-18-44-34-40-14-8-10-16-42(40)36-50(44)52/h1-36H. The highest BCUT2D eigenvalue weighted by Gasteiger charge is 2.18. The molecule has 0 bridgehead atoms. The van der Waals surface area contributed by atoms with Crippen LogP contribution in [0.2, 0.25) is 0 Å². The predicted octanol–water partition coefficient (Wildman–Crippen LogP) is 14.9. The lowest BCUT2D eigenvalue weighted by atomic mass is 10.00. The minimum absolute atomic E-state index is 1.11. The van der Waals surface area contributed by atoms with Gasteiger partial charge >= 0.3 is 0 Å². The Kier molecular flexibility index (Phi) is 7.85. The maximum absolute atomic E-state index is 2.37. The molecule has 0 aliphatic carbocycles. The van der Waals surface area contributed by atoms with Gasteiger partial charge in [-0.25, -0.2) is 0 Å². The fourth-order valence-corrected chi connectivity index (χ4v) is 7.91. The Hall–Kier alpha value is -7.16. The molecule has 0 aliphatic heterocycles. The van der Waals surface area contributed by atoms with Crippen LogP contribution in [0.5, 0.6) is 0 Å². The molecule has 0 amide bonds. The molecule has 0 saturated carbocycles. The van der Waals surface area contributed by atoms with E-state index in [0.717, 1.165) is 34.1 Å². The average Bonchev–Trinajstić information content (AvgIpc) is 3.24. The van der Waals surface area contributed by atoms with Gasteiger partial charge < -0.3 is 9.80 Å². The van der Waals surface area contributed by atoms with E-state index >= 15 is 0 Å². The molecular formula is C52H36N2. The van der Waals surface area contributed by atoms with Crippen molar-refractivity contribution >= 4 is 77.2 Å². The summed E-state index contributed by atoms with van der Waals surface area (Å²) in [5.41, 5.74) is 9.13. The van der Waals surface area contributed by atoms with E-state index in [2.05, 4.69) is 228 Å². The third-order valence-electron chi connectivity index (χ3n) is 10.5. The van der Waals surface area contributed by atoms with E-state index in [4.69, 9.17) is 0 Å². The van der Waals surface area contributed by atoms with E-state index in [9.17, 15) is 0 Å². The highest BCUT2D eigenvalue weighted by Crippen LogP contribution is 2.42. The van der Waals surface area contributed by atoms with Crippen molar-refractivity contribution in [3.05, 3.63) is 218 Å². The summed E-state index contributed by atoms with van der Waals surface area (Å²) >= 11 is 0. The number of fused-ring (bicyclic) bond motifs is 4. The summed E-state index contributed by atoms with van der Waals surface area (Å²) in [6, 6.07) is 78.9. The lowest BCUT2D eigenvalue weighted by Crippen LogP contribution is -2.10. The van der Waals surface area contributed by atoms with Crippen LogP contribution in [0.15, 0.2) is 218 Å². The zero-order valence-corrected chi connectivity index (χ0v) is 29.7. The predicted molar refractivity (Wildman–Crippen MR) is 231 cm³/mol. The van der Waals surface area contributed by atoms with Crippen molar-refractivity contribution in [2.45, 2.75) is 0 Å². The van der Waals surface area contributed by atoms with Gasteiger partial charge in [-0.15, -0.1) is 0 Å². The second kappa shape index (κ2) is 13.4. The molecule has 0 N–H and O–H groups in total. The Morgan fingerprint density at radius 2 is 0.537 bits per heavy atom. The zero-order valence-electron chi connectivity index (χ0n) is 29.7. The van der Waals surface area contributed by atoms with Gasteiger partial charge in [0.05, 0.1) is 11.4 Å². The van der Waals surface area contributed by atoms with E-state index in [1.165, 1.54) is 54.2 Å². The van der Waals surface area contributed by atoms with Crippen LogP contribution < -0.4 is 9.80 Å². The van der Waals surface area contributed by atoms with E-state index in [1.807, 2.05) is 0 Å². The van der Waals surface area contributed by atoms with Gasteiger partial charge in [-0.3, -0.25) is 0 Å². The molecule has 0 atom stereocenters. The first-order chi connectivity index (χ1) is 26.8. The molecule has 0 aliphatic rings. The summed E-state index contributed by atoms with van der Waals surface area (Å²) in [7, 11) is 0. The van der Waals surface area contributed by atoms with Gasteiger partial charge in [-0.1, -0.05) is 133 Å². The Morgan fingerprint density at radius 1 is 0.222 bits per heavy atom. The van der Waals surface area contributed by atoms with Crippen LogP contribution >= 0.6 is 0 Å². The van der Waals surface area contributed by atoms with Crippen molar-refractivity contribution in [1.29, 1.82) is 0 Å². The van der Waals surface area contributed by atoms with Gasteiger partial charge in [0.2, 0.25) is 0 Å². The maximum Gasteiger partial charge on any atom is 0.0540 e. The topological polar surface area (TPSA) is 6.48 Å². The number of rotatable bonds is 7. The van der Waals surface area contributed by atoms with Crippen LogP contribution in [0.25, 0.3) is 54.2 Å². The summed E-state index contributed by atoms with van der Waals surface area (Å²) in [6.07, 6.45) is 0. The normalized spacial score (nSPS) is 11.3. The third-order valence-corrected chi connectivity index (χ3v) is 10.5. The second-order valence-corrected chi connectivity index (χ2v) is 13.8. The highest BCUT2D eigenvalue weighted by molar-refractivity contribution is 6.07. The van der Waals surface area contributed by atoms with Crippen molar-refractivity contribution < 1.29 is 0 Å². The van der Waals surface area contributed by atoms with Crippen LogP contribution in [0, 0.1) is 0 Å². The molecular weight excluding hydrogens is 653 g/mol. The van der Waals surface area contributed by atoms with E-state index in [1.54, 1.807) is 0 Å². The first-order valence-electron chi connectivity index (χ1n) is 18.5. The maximum atomic E-state index is 2.37. The number of hydrogen-bond donors (Lipinski definition) is 0. The number of anilines is 6. The number of nitrogens with zero attached hydrogens (tertiary/aromatic N) is 2. The first-order valence-corrected chi connectivity index (χ1v) is 18.5. The minimum Gasteiger partial charge on any atom is -0.310 e. The Labute approximate surface area is 315 Å². The van der Waals surface area contributed by atoms with Crippen LogP contribution in [-0.4, -0.2) is 0 Å². The lowest BCUT2D eigenvalue weighted by molar-refractivity contribution is 1.29. The van der Waals surface area contributed by atoms with Gasteiger partial charge in [0.25, 0.3) is 0 Å². The van der Waals surface area contributed by atoms with Gasteiger partial charge in [0, 0.05) is 33.5 Å². The number of para-hydroxylation sites is 2. The summed E-state index contributed by atoms with van der Waals surface area (Å²) in [6.45, 7) is 0. The number of benzene rings is 10. The molecule has 254 valence electrons. The zero-order chi connectivity index (χ0) is 35.8. The summed E-state index contributed by atoms with van der Waals surface area (Å²) in [5, 5.41) is 9.88. The minimum atomic E-state index is 1.11. The fourth-order valence-electron chi connectivity index (χ4n) is 7.91. The Morgan fingerprint density at radius 3 is 0.926 bits per heavy atom. The van der Waals surface area contributed by atoms with Crippen molar-refractivity contribution in [1.82, 2.24) is 0 Å². The molecule has 54 heavy (non-hydrogen) atoms. The van der Waals surface area contributed by atoms with Crippen LogP contribution in [0.4, 0.5) is 34.1 Å². The number of hydrogen-bond acceptors (Lipinski definition) is 2. The van der Waals surface area contributed by atoms with Crippen molar-refractivity contribution in [2.75, 3.05) is 9.80 Å². The quantitative estimate of drug-likeness (QED) is 0.154. The van der Waals surface area contributed by atoms with Crippen LogP contribution in [0.1, 0.15) is 0 Å². The van der Waals surface area contributed by atoms with Gasteiger partial charge in [0.1, 0.15) is 0 Å². The lowest BCUT2D eigenvalue weighted by Gasteiger charge is -2.27. The molecule has 0 saturated heterocycles. The van der Waals surface area contributed by atoms with E-state index < -0.39 is 0 Å². The van der Waals surface area contributed by atoms with Gasteiger partial charge in [-0.2, -0.15) is 0 Å². The monoisotopic (exact) mass is 688 g/mol. The summed E-state index contributed by atoms with van der Waals surface area (Å²) in [5.74, 6) is 0. The third kappa shape index (κ3) is 5.71. The molecule has 10 rings (SSSR count). The molecule has 0 fully saturated rings. The molecule has 0 spiro atoms. The average molecular weight is 689 g/mol. The van der Waals surface area contributed by atoms with Crippen molar-refractivity contribution in [2.24, 2.45) is 0 Å². The van der Waals surface area contributed by atoms with E-state index in [-0.39, 0.29) is 0 Å². The van der Waals surface area contributed by atoms with Gasteiger partial charge in [0.15, 0.2) is 0 Å². The Bertz CT molecular complexity index is 2710. The molecule has 10 aromatic carbocycles. The second-order valence-electron chi connectivity index (χ2n) is 13.8. The molecule has 2 heteroatoms.